The van der Waals surface area contributed by atoms with E-state index >= 15 is 0 Å². The number of carbonyl (C=O) groups excluding carboxylic acids is 1. The molecule has 0 atom stereocenters. The normalized spacial score (nSPS) is 15.3. The van der Waals surface area contributed by atoms with E-state index in [9.17, 15) is 4.79 Å². The Balaban J connectivity index is 1.35. The van der Waals surface area contributed by atoms with Crippen molar-refractivity contribution < 1.29 is 13.8 Å². The lowest BCUT2D eigenvalue weighted by atomic mass is 9.96. The molecule has 0 spiro atoms. The average molecular weight is 353 g/mol. The summed E-state index contributed by atoms with van der Waals surface area (Å²) in [6.45, 7) is 3.15. The second-order valence-corrected chi connectivity index (χ2v) is 6.43. The molecule has 1 aliphatic heterocycles. The Bertz CT molecular complexity index is 881. The third-order valence-electron chi connectivity index (χ3n) is 4.54. The van der Waals surface area contributed by atoms with Gasteiger partial charge in [0.2, 0.25) is 17.6 Å². The first kappa shape index (κ1) is 16.4. The van der Waals surface area contributed by atoms with Crippen LogP contribution in [0.3, 0.4) is 0 Å². The van der Waals surface area contributed by atoms with Crippen LogP contribution >= 0.6 is 0 Å². The van der Waals surface area contributed by atoms with Crippen molar-refractivity contribution in [3.8, 4) is 11.5 Å². The number of piperidine rings is 1. The fourth-order valence-electron chi connectivity index (χ4n) is 3.14. The molecule has 0 aromatic carbocycles. The Kier molecular flexibility index (Phi) is 4.47. The highest BCUT2D eigenvalue weighted by molar-refractivity contribution is 5.78. The van der Waals surface area contributed by atoms with Crippen LogP contribution in [0, 0.1) is 6.92 Å². The van der Waals surface area contributed by atoms with E-state index in [0.29, 0.717) is 42.0 Å². The van der Waals surface area contributed by atoms with Gasteiger partial charge < -0.3 is 13.9 Å². The second-order valence-electron chi connectivity index (χ2n) is 6.43. The Morgan fingerprint density at radius 3 is 2.77 bits per heavy atom. The minimum Gasteiger partial charge on any atom is -0.361 e. The van der Waals surface area contributed by atoms with Crippen LogP contribution in [0.4, 0.5) is 0 Å². The van der Waals surface area contributed by atoms with Crippen molar-refractivity contribution in [3.63, 3.8) is 0 Å². The molecule has 1 fully saturated rings. The molecule has 0 saturated carbocycles. The van der Waals surface area contributed by atoms with Crippen LogP contribution in [0.1, 0.15) is 36.1 Å². The number of likely N-dealkylation sites (tertiary alicyclic amines) is 1. The lowest BCUT2D eigenvalue weighted by molar-refractivity contribution is -0.131. The van der Waals surface area contributed by atoms with Gasteiger partial charge in [-0.1, -0.05) is 16.4 Å². The fraction of sp³-hybridized carbons (Fsp3) is 0.389. The van der Waals surface area contributed by atoms with Gasteiger partial charge in [-0.3, -0.25) is 9.78 Å². The first-order valence-corrected chi connectivity index (χ1v) is 8.64. The molecule has 26 heavy (non-hydrogen) atoms. The summed E-state index contributed by atoms with van der Waals surface area (Å²) in [6, 6.07) is 7.38. The lowest BCUT2D eigenvalue weighted by Crippen LogP contribution is -2.38. The molecule has 4 rings (SSSR count). The van der Waals surface area contributed by atoms with Crippen molar-refractivity contribution in [2.24, 2.45) is 0 Å². The molecule has 3 aromatic heterocycles. The molecule has 1 aliphatic rings. The van der Waals surface area contributed by atoms with E-state index in [0.717, 1.165) is 12.8 Å². The Labute approximate surface area is 150 Å². The first-order chi connectivity index (χ1) is 12.7. The van der Waals surface area contributed by atoms with Crippen molar-refractivity contribution in [1.29, 1.82) is 0 Å². The molecule has 8 heteroatoms. The molecule has 3 aromatic rings. The SMILES string of the molecule is Cc1cc(CC(=O)N2CCC(c3nc(-c4ccccn4)no3)CC2)no1. The third-order valence-corrected chi connectivity index (χ3v) is 4.54. The Hall–Kier alpha value is -3.03. The van der Waals surface area contributed by atoms with Crippen LogP contribution in [0.25, 0.3) is 11.5 Å². The van der Waals surface area contributed by atoms with Crippen molar-refractivity contribution >= 4 is 5.91 Å². The predicted octanol–water partition coefficient (Wildman–Crippen LogP) is 2.38. The van der Waals surface area contributed by atoms with Gasteiger partial charge >= 0.3 is 0 Å². The van der Waals surface area contributed by atoms with Gasteiger partial charge in [-0.2, -0.15) is 4.98 Å². The van der Waals surface area contributed by atoms with Gasteiger partial charge in [0, 0.05) is 31.3 Å². The predicted molar refractivity (Wildman–Crippen MR) is 91.0 cm³/mol. The number of hydrogen-bond donors (Lipinski definition) is 0. The number of rotatable bonds is 4. The maximum absolute atomic E-state index is 12.4. The molecule has 134 valence electrons. The molecule has 1 amide bonds. The topological polar surface area (TPSA) is 98.2 Å². The minimum absolute atomic E-state index is 0.0662. The number of nitrogens with zero attached hydrogens (tertiary/aromatic N) is 5. The summed E-state index contributed by atoms with van der Waals surface area (Å²) in [5, 5.41) is 7.91. The number of amides is 1. The molecule has 0 radical (unpaired) electrons. The van der Waals surface area contributed by atoms with Crippen molar-refractivity contribution in [2.75, 3.05) is 13.1 Å². The summed E-state index contributed by atoms with van der Waals surface area (Å²) in [7, 11) is 0. The molecule has 0 bridgehead atoms. The molecule has 0 aliphatic carbocycles. The molecule has 4 heterocycles. The number of aryl methyl sites for hydroxylation is 1. The van der Waals surface area contributed by atoms with Crippen molar-refractivity contribution in [3.05, 3.63) is 47.8 Å². The summed E-state index contributed by atoms with van der Waals surface area (Å²) in [5.41, 5.74) is 1.37. The van der Waals surface area contributed by atoms with E-state index in [1.165, 1.54) is 0 Å². The van der Waals surface area contributed by atoms with Gasteiger partial charge in [0.25, 0.3) is 0 Å². The maximum Gasteiger partial charge on any atom is 0.230 e. The van der Waals surface area contributed by atoms with Crippen molar-refractivity contribution in [1.82, 2.24) is 25.2 Å². The van der Waals surface area contributed by atoms with Gasteiger partial charge in [-0.15, -0.1) is 0 Å². The van der Waals surface area contributed by atoms with E-state index in [1.54, 1.807) is 12.3 Å². The zero-order valence-corrected chi connectivity index (χ0v) is 14.5. The van der Waals surface area contributed by atoms with Crippen LogP contribution in [0.15, 0.2) is 39.5 Å². The van der Waals surface area contributed by atoms with Crippen LogP contribution in [0.2, 0.25) is 0 Å². The fourth-order valence-corrected chi connectivity index (χ4v) is 3.14. The number of aromatic nitrogens is 4. The first-order valence-electron chi connectivity index (χ1n) is 8.64. The van der Waals surface area contributed by atoms with Crippen LogP contribution in [-0.4, -0.2) is 44.2 Å². The molecule has 8 nitrogen and oxygen atoms in total. The number of pyridine rings is 1. The summed E-state index contributed by atoms with van der Waals surface area (Å²) in [5.74, 6) is 2.06. The van der Waals surface area contributed by atoms with Gasteiger partial charge in [0.1, 0.15) is 11.5 Å². The number of hydrogen-bond acceptors (Lipinski definition) is 7. The Morgan fingerprint density at radius 2 is 2.08 bits per heavy atom. The summed E-state index contributed by atoms with van der Waals surface area (Å²) < 4.78 is 10.4. The van der Waals surface area contributed by atoms with Crippen molar-refractivity contribution in [2.45, 2.75) is 32.1 Å². The van der Waals surface area contributed by atoms with Gasteiger partial charge in [0.15, 0.2) is 0 Å². The van der Waals surface area contributed by atoms with Gasteiger partial charge in [0.05, 0.1) is 12.1 Å². The van der Waals surface area contributed by atoms with Gasteiger partial charge in [-0.25, -0.2) is 0 Å². The highest BCUT2D eigenvalue weighted by Crippen LogP contribution is 2.28. The molecule has 0 unspecified atom stereocenters. The monoisotopic (exact) mass is 353 g/mol. The molecular formula is C18H19N5O3. The highest BCUT2D eigenvalue weighted by Gasteiger charge is 2.28. The van der Waals surface area contributed by atoms with E-state index in [2.05, 4.69) is 20.3 Å². The smallest absolute Gasteiger partial charge is 0.230 e. The summed E-state index contributed by atoms with van der Waals surface area (Å²) in [4.78, 5) is 23.0. The quantitative estimate of drug-likeness (QED) is 0.710. The van der Waals surface area contributed by atoms with E-state index in [4.69, 9.17) is 9.05 Å². The second kappa shape index (κ2) is 7.07. The summed E-state index contributed by atoms with van der Waals surface area (Å²) >= 11 is 0. The van der Waals surface area contributed by atoms with Crippen LogP contribution in [0.5, 0.6) is 0 Å². The maximum atomic E-state index is 12.4. The molecule has 1 saturated heterocycles. The number of carbonyl (C=O) groups is 1. The largest absolute Gasteiger partial charge is 0.361 e. The van der Waals surface area contributed by atoms with Crippen LogP contribution in [-0.2, 0) is 11.2 Å². The van der Waals surface area contributed by atoms with Gasteiger partial charge in [-0.05, 0) is 31.9 Å². The zero-order valence-electron chi connectivity index (χ0n) is 14.5. The molecular weight excluding hydrogens is 334 g/mol. The zero-order chi connectivity index (χ0) is 17.9. The summed E-state index contributed by atoms with van der Waals surface area (Å²) in [6.07, 6.45) is 3.57. The Morgan fingerprint density at radius 1 is 1.23 bits per heavy atom. The van der Waals surface area contributed by atoms with E-state index in [-0.39, 0.29) is 18.2 Å². The highest BCUT2D eigenvalue weighted by atomic mass is 16.5. The lowest BCUT2D eigenvalue weighted by Gasteiger charge is -2.30. The average Bonchev–Trinajstić information content (AvgIpc) is 3.32. The third kappa shape index (κ3) is 3.49. The van der Waals surface area contributed by atoms with E-state index in [1.807, 2.05) is 30.0 Å². The molecule has 0 N–H and O–H groups in total. The van der Waals surface area contributed by atoms with E-state index < -0.39 is 0 Å². The standard InChI is InChI=1S/C18H19N5O3/c1-12-10-14(21-25-12)11-16(24)23-8-5-13(6-9-23)18-20-17(22-26-18)15-4-2-3-7-19-15/h2-4,7,10,13H,5-6,8-9,11H2,1H3. The van der Waals surface area contributed by atoms with Crippen LogP contribution < -0.4 is 0 Å². The minimum atomic E-state index is 0.0662.